The van der Waals surface area contributed by atoms with Crippen LogP contribution in [-0.4, -0.2) is 45.8 Å². The third-order valence-corrected chi connectivity index (χ3v) is 4.88. The van der Waals surface area contributed by atoms with Crippen LogP contribution < -0.4 is 0 Å². The number of hydrogen-bond donors (Lipinski definition) is 1. The van der Waals surface area contributed by atoms with Crippen molar-refractivity contribution in [1.82, 2.24) is 4.90 Å². The highest BCUT2D eigenvalue weighted by Crippen LogP contribution is 2.45. The molecule has 1 aromatic rings. The van der Waals surface area contributed by atoms with Gasteiger partial charge in [0.15, 0.2) is 0 Å². The maximum absolute atomic E-state index is 12.4. The Balaban J connectivity index is 2.52. The number of carbonyl (C=O) groups excluding carboxylic acids is 1. The third-order valence-electron chi connectivity index (χ3n) is 4.23. The molecule has 0 unspecified atom stereocenters. The lowest BCUT2D eigenvalue weighted by Crippen LogP contribution is -2.60. The van der Waals surface area contributed by atoms with Crippen LogP contribution in [0.5, 0.6) is 0 Å². The predicted octanol–water partition coefficient (Wildman–Crippen LogP) is 3.24. The van der Waals surface area contributed by atoms with E-state index < -0.39 is 29.2 Å². The number of rotatable bonds is 4. The highest BCUT2D eigenvalue weighted by Gasteiger charge is 2.61. The SMILES string of the molecule is CSC[C@@H]1C(=O)O[C@](Cc2ccccc2)(C(C)(C)C)N1C(=O)O. The van der Waals surface area contributed by atoms with Crippen molar-refractivity contribution in [3.05, 3.63) is 35.9 Å². The minimum Gasteiger partial charge on any atom is -0.465 e. The van der Waals surface area contributed by atoms with Crippen LogP contribution in [0.4, 0.5) is 4.79 Å². The average molecular weight is 337 g/mol. The average Bonchev–Trinajstić information content (AvgIpc) is 2.73. The Kier molecular flexibility index (Phi) is 4.94. The maximum atomic E-state index is 12.4. The van der Waals surface area contributed by atoms with Crippen molar-refractivity contribution >= 4 is 23.8 Å². The first-order valence-electron chi connectivity index (χ1n) is 7.51. The molecule has 1 saturated heterocycles. The largest absolute Gasteiger partial charge is 0.465 e. The molecule has 5 nitrogen and oxygen atoms in total. The minimum absolute atomic E-state index is 0.334. The molecular weight excluding hydrogens is 314 g/mol. The summed E-state index contributed by atoms with van der Waals surface area (Å²) in [4.78, 5) is 25.6. The summed E-state index contributed by atoms with van der Waals surface area (Å²) >= 11 is 1.44. The fourth-order valence-electron chi connectivity index (χ4n) is 3.00. The number of esters is 1. The van der Waals surface area contributed by atoms with Gasteiger partial charge in [-0.05, 0) is 11.8 Å². The Labute approximate surface area is 141 Å². The number of carboxylic acid groups (broad SMARTS) is 1. The summed E-state index contributed by atoms with van der Waals surface area (Å²) in [6.07, 6.45) is 1.06. The smallest absolute Gasteiger partial charge is 0.411 e. The van der Waals surface area contributed by atoms with Crippen LogP contribution in [-0.2, 0) is 16.0 Å². The molecule has 1 aliphatic heterocycles. The maximum Gasteiger partial charge on any atom is 0.411 e. The molecule has 23 heavy (non-hydrogen) atoms. The molecule has 126 valence electrons. The van der Waals surface area contributed by atoms with Gasteiger partial charge in [-0.3, -0.25) is 4.90 Å². The molecule has 0 saturated carbocycles. The van der Waals surface area contributed by atoms with Crippen LogP contribution in [0.2, 0.25) is 0 Å². The highest BCUT2D eigenvalue weighted by molar-refractivity contribution is 7.98. The fraction of sp³-hybridized carbons (Fsp3) is 0.529. The van der Waals surface area contributed by atoms with E-state index in [0.29, 0.717) is 12.2 Å². The summed E-state index contributed by atoms with van der Waals surface area (Å²) in [7, 11) is 0. The number of cyclic esters (lactones) is 1. The molecule has 1 fully saturated rings. The quantitative estimate of drug-likeness (QED) is 0.854. The molecule has 0 radical (unpaired) electrons. The Morgan fingerprint density at radius 2 is 1.96 bits per heavy atom. The molecule has 0 bridgehead atoms. The van der Waals surface area contributed by atoms with Gasteiger partial charge in [-0.1, -0.05) is 51.1 Å². The second-order valence-electron chi connectivity index (χ2n) is 6.74. The van der Waals surface area contributed by atoms with Gasteiger partial charge >= 0.3 is 12.1 Å². The van der Waals surface area contributed by atoms with E-state index in [1.54, 1.807) is 0 Å². The van der Waals surface area contributed by atoms with Crippen molar-refractivity contribution in [2.75, 3.05) is 12.0 Å². The lowest BCUT2D eigenvalue weighted by Gasteiger charge is -2.45. The molecule has 0 aliphatic carbocycles. The molecule has 1 heterocycles. The summed E-state index contributed by atoms with van der Waals surface area (Å²) in [5.74, 6) is -0.0785. The van der Waals surface area contributed by atoms with E-state index in [0.717, 1.165) is 5.56 Å². The molecule has 0 aromatic heterocycles. The van der Waals surface area contributed by atoms with Gasteiger partial charge in [-0.15, -0.1) is 0 Å². The zero-order valence-electron chi connectivity index (χ0n) is 13.9. The van der Waals surface area contributed by atoms with E-state index in [-0.39, 0.29) is 0 Å². The van der Waals surface area contributed by atoms with Crippen molar-refractivity contribution in [3.8, 4) is 0 Å². The lowest BCUT2D eigenvalue weighted by molar-refractivity contribution is -0.172. The molecule has 1 amide bonds. The summed E-state index contributed by atoms with van der Waals surface area (Å²) in [5.41, 5.74) is -0.840. The van der Waals surface area contributed by atoms with E-state index in [1.807, 2.05) is 57.4 Å². The number of amides is 1. The molecule has 1 aromatic carbocycles. The van der Waals surface area contributed by atoms with Crippen LogP contribution in [0.1, 0.15) is 26.3 Å². The van der Waals surface area contributed by atoms with Gasteiger partial charge in [0.05, 0.1) is 0 Å². The van der Waals surface area contributed by atoms with Gasteiger partial charge in [0.2, 0.25) is 5.72 Å². The molecule has 0 spiro atoms. The lowest BCUT2D eigenvalue weighted by atomic mass is 9.78. The van der Waals surface area contributed by atoms with E-state index in [9.17, 15) is 14.7 Å². The number of ether oxygens (including phenoxy) is 1. The van der Waals surface area contributed by atoms with Crippen LogP contribution in [0, 0.1) is 5.41 Å². The van der Waals surface area contributed by atoms with Gasteiger partial charge in [0.25, 0.3) is 0 Å². The van der Waals surface area contributed by atoms with Gasteiger partial charge in [0, 0.05) is 17.6 Å². The number of carbonyl (C=O) groups is 2. The van der Waals surface area contributed by atoms with E-state index in [2.05, 4.69) is 0 Å². The minimum atomic E-state index is -1.21. The summed E-state index contributed by atoms with van der Waals surface area (Å²) < 4.78 is 5.75. The zero-order chi connectivity index (χ0) is 17.3. The molecule has 2 atom stereocenters. The molecule has 2 rings (SSSR count). The Morgan fingerprint density at radius 3 is 2.43 bits per heavy atom. The van der Waals surface area contributed by atoms with Gasteiger partial charge in [-0.25, -0.2) is 9.59 Å². The monoisotopic (exact) mass is 337 g/mol. The van der Waals surface area contributed by atoms with Crippen molar-refractivity contribution in [1.29, 1.82) is 0 Å². The molecule has 1 aliphatic rings. The van der Waals surface area contributed by atoms with E-state index in [1.165, 1.54) is 16.7 Å². The van der Waals surface area contributed by atoms with Crippen LogP contribution in [0.15, 0.2) is 30.3 Å². The van der Waals surface area contributed by atoms with Gasteiger partial charge < -0.3 is 9.84 Å². The first kappa shape index (κ1) is 17.7. The summed E-state index contributed by atoms with van der Waals surface area (Å²) in [6, 6.07) is 8.76. The van der Waals surface area contributed by atoms with Crippen molar-refractivity contribution < 1.29 is 19.4 Å². The van der Waals surface area contributed by atoms with E-state index >= 15 is 0 Å². The van der Waals surface area contributed by atoms with Gasteiger partial charge in [-0.2, -0.15) is 11.8 Å². The standard InChI is InChI=1S/C17H23NO4S/c1-16(2,3)17(10-12-8-6-5-7-9-12)18(15(20)21)13(11-23-4)14(19)22-17/h5-9,13H,10-11H2,1-4H3,(H,20,21)/t13-,17-/m1/s1. The molecular formula is C17H23NO4S. The van der Waals surface area contributed by atoms with E-state index in [4.69, 9.17) is 4.74 Å². The normalized spacial score (nSPS) is 24.6. The second kappa shape index (κ2) is 6.43. The molecule has 1 N–H and O–H groups in total. The predicted molar refractivity (Wildman–Crippen MR) is 90.5 cm³/mol. The van der Waals surface area contributed by atoms with Crippen molar-refractivity contribution in [2.45, 2.75) is 39.0 Å². The van der Waals surface area contributed by atoms with Crippen molar-refractivity contribution in [3.63, 3.8) is 0 Å². The fourth-order valence-corrected chi connectivity index (χ4v) is 3.60. The Hall–Kier alpha value is -1.69. The zero-order valence-corrected chi connectivity index (χ0v) is 14.7. The first-order valence-corrected chi connectivity index (χ1v) is 8.90. The number of nitrogens with zero attached hydrogens (tertiary/aromatic N) is 1. The Bertz CT molecular complexity index is 584. The number of benzene rings is 1. The van der Waals surface area contributed by atoms with Crippen LogP contribution in [0.25, 0.3) is 0 Å². The second-order valence-corrected chi connectivity index (χ2v) is 7.65. The van der Waals surface area contributed by atoms with Crippen LogP contribution >= 0.6 is 11.8 Å². The first-order chi connectivity index (χ1) is 10.7. The highest BCUT2D eigenvalue weighted by atomic mass is 32.2. The summed E-state index contributed by atoms with van der Waals surface area (Å²) in [6.45, 7) is 5.71. The summed E-state index contributed by atoms with van der Waals surface area (Å²) in [5, 5.41) is 9.79. The van der Waals surface area contributed by atoms with Crippen molar-refractivity contribution in [2.24, 2.45) is 5.41 Å². The molecule has 6 heteroatoms. The number of thioether (sulfide) groups is 1. The topological polar surface area (TPSA) is 66.8 Å². The van der Waals surface area contributed by atoms with Crippen LogP contribution in [0.3, 0.4) is 0 Å². The third kappa shape index (κ3) is 3.17. The number of hydrogen-bond acceptors (Lipinski definition) is 4. The van der Waals surface area contributed by atoms with Gasteiger partial charge in [0.1, 0.15) is 6.04 Å². The Morgan fingerprint density at radius 1 is 1.35 bits per heavy atom.